The van der Waals surface area contributed by atoms with Crippen LogP contribution in [-0.4, -0.2) is 23.6 Å². The standard InChI is InChI=1S/C52H35N3S/c1-55-51(36-28-26-34(27-29-36)33-14-3-2-4-15-33)53-50(45-24-13-23-44-42-22-11-12-25-47(42)56-49(44)45)54-52(55)48-39-19-8-5-16-35(39)30-31-43(48)46-32-37-17-6-7-18-38(37)40-20-9-10-21-41(40)46/h2-32,52H,1H3. The number of nitrogens with zero attached hydrogens (tertiary/aromatic N) is 3. The molecule has 0 aliphatic carbocycles. The molecular formula is C52H35N3S. The van der Waals surface area contributed by atoms with Gasteiger partial charge in [-0.2, -0.15) is 0 Å². The largest absolute Gasteiger partial charge is 0.333 e. The van der Waals surface area contributed by atoms with Crippen LogP contribution in [0.1, 0.15) is 22.9 Å². The molecule has 0 bridgehead atoms. The Kier molecular flexibility index (Phi) is 7.64. The van der Waals surface area contributed by atoms with Crippen LogP contribution in [0.5, 0.6) is 0 Å². The molecule has 0 saturated carbocycles. The summed E-state index contributed by atoms with van der Waals surface area (Å²) >= 11 is 1.82. The quantitative estimate of drug-likeness (QED) is 0.162. The van der Waals surface area contributed by atoms with E-state index in [9.17, 15) is 0 Å². The maximum Gasteiger partial charge on any atom is 0.160 e. The number of benzene rings is 9. The van der Waals surface area contributed by atoms with Gasteiger partial charge in [-0.3, -0.25) is 0 Å². The van der Waals surface area contributed by atoms with Gasteiger partial charge in [-0.05, 0) is 72.8 Å². The van der Waals surface area contributed by atoms with Crippen molar-refractivity contribution >= 4 is 75.5 Å². The summed E-state index contributed by atoms with van der Waals surface area (Å²) in [5.41, 5.74) is 8.01. The fraction of sp³-hybridized carbons (Fsp3) is 0.0385. The minimum absolute atomic E-state index is 0.373. The van der Waals surface area contributed by atoms with E-state index in [2.05, 4.69) is 200 Å². The lowest BCUT2D eigenvalue weighted by molar-refractivity contribution is 0.386. The van der Waals surface area contributed by atoms with Crippen molar-refractivity contribution in [2.24, 2.45) is 9.98 Å². The minimum atomic E-state index is -0.373. The van der Waals surface area contributed by atoms with E-state index < -0.39 is 0 Å². The molecule has 3 nitrogen and oxygen atoms in total. The Morgan fingerprint density at radius 3 is 1.89 bits per heavy atom. The average Bonchev–Trinajstić information content (AvgIpc) is 3.65. The Morgan fingerprint density at radius 1 is 0.446 bits per heavy atom. The van der Waals surface area contributed by atoms with Crippen LogP contribution in [0.15, 0.2) is 198 Å². The Bertz CT molecular complexity index is 3210. The van der Waals surface area contributed by atoms with E-state index in [-0.39, 0.29) is 6.17 Å². The first-order valence-corrected chi connectivity index (χ1v) is 19.9. The smallest absolute Gasteiger partial charge is 0.160 e. The minimum Gasteiger partial charge on any atom is -0.333 e. The molecule has 9 aromatic carbocycles. The van der Waals surface area contributed by atoms with Crippen LogP contribution in [0, 0.1) is 0 Å². The summed E-state index contributed by atoms with van der Waals surface area (Å²) in [4.78, 5) is 13.5. The van der Waals surface area contributed by atoms with Crippen LogP contribution in [0.25, 0.3) is 74.7 Å². The van der Waals surface area contributed by atoms with E-state index in [0.29, 0.717) is 0 Å². The van der Waals surface area contributed by atoms with E-state index >= 15 is 0 Å². The second-order valence-electron chi connectivity index (χ2n) is 14.5. The lowest BCUT2D eigenvalue weighted by Gasteiger charge is -2.34. The molecule has 0 saturated heterocycles. The van der Waals surface area contributed by atoms with Crippen LogP contribution in [0.3, 0.4) is 0 Å². The zero-order valence-corrected chi connectivity index (χ0v) is 31.5. The third kappa shape index (κ3) is 5.25. The first kappa shape index (κ1) is 32.5. The highest BCUT2D eigenvalue weighted by atomic mass is 32.1. The number of thiophene rings is 1. The molecule has 1 aliphatic rings. The summed E-state index contributed by atoms with van der Waals surface area (Å²) < 4.78 is 2.47. The predicted molar refractivity (Wildman–Crippen MR) is 239 cm³/mol. The number of amidine groups is 2. The van der Waals surface area contributed by atoms with Crippen molar-refractivity contribution in [1.82, 2.24) is 4.90 Å². The number of aliphatic imine (C=N–C) groups is 2. The molecule has 2 heterocycles. The van der Waals surface area contributed by atoms with Gasteiger partial charge in [0.05, 0.1) is 0 Å². The van der Waals surface area contributed by atoms with E-state index in [1.54, 1.807) is 0 Å². The molecule has 0 fully saturated rings. The van der Waals surface area contributed by atoms with E-state index in [1.165, 1.54) is 80.3 Å². The number of fused-ring (bicyclic) bond motifs is 7. The fourth-order valence-corrected chi connectivity index (χ4v) is 9.85. The summed E-state index contributed by atoms with van der Waals surface area (Å²) in [5, 5.41) is 9.82. The van der Waals surface area contributed by atoms with Crippen LogP contribution in [0.2, 0.25) is 0 Å². The third-order valence-electron chi connectivity index (χ3n) is 11.3. The van der Waals surface area contributed by atoms with Crippen LogP contribution >= 0.6 is 11.3 Å². The van der Waals surface area contributed by atoms with Gasteiger partial charge in [0, 0.05) is 43.9 Å². The van der Waals surface area contributed by atoms with Crippen molar-refractivity contribution < 1.29 is 0 Å². The van der Waals surface area contributed by atoms with Gasteiger partial charge in [-0.1, -0.05) is 170 Å². The van der Waals surface area contributed by atoms with Gasteiger partial charge in [-0.25, -0.2) is 9.98 Å². The van der Waals surface area contributed by atoms with Gasteiger partial charge < -0.3 is 4.90 Å². The van der Waals surface area contributed by atoms with E-state index in [0.717, 1.165) is 22.8 Å². The Hall–Kier alpha value is -6.88. The molecular weight excluding hydrogens is 699 g/mol. The molecule has 0 N–H and O–H groups in total. The maximum absolute atomic E-state index is 5.70. The zero-order chi connectivity index (χ0) is 37.2. The van der Waals surface area contributed by atoms with Gasteiger partial charge in [0.15, 0.2) is 12.0 Å². The first-order valence-electron chi connectivity index (χ1n) is 19.1. The van der Waals surface area contributed by atoms with Crippen molar-refractivity contribution in [3.05, 3.63) is 205 Å². The lowest BCUT2D eigenvalue weighted by Crippen LogP contribution is -2.36. The zero-order valence-electron chi connectivity index (χ0n) is 30.7. The van der Waals surface area contributed by atoms with Crippen molar-refractivity contribution in [3.63, 3.8) is 0 Å². The van der Waals surface area contributed by atoms with Gasteiger partial charge in [0.1, 0.15) is 5.84 Å². The Balaban J connectivity index is 1.18. The second kappa shape index (κ2) is 13.2. The van der Waals surface area contributed by atoms with Crippen molar-refractivity contribution in [3.8, 4) is 22.3 Å². The Morgan fingerprint density at radius 2 is 1.07 bits per heavy atom. The molecule has 0 radical (unpaired) electrons. The van der Waals surface area contributed by atoms with Crippen LogP contribution in [0.4, 0.5) is 0 Å². The Labute approximate surface area is 329 Å². The van der Waals surface area contributed by atoms with Gasteiger partial charge in [0.25, 0.3) is 0 Å². The molecule has 0 spiro atoms. The monoisotopic (exact) mass is 733 g/mol. The SMILES string of the molecule is CN1C(c2ccc(-c3ccccc3)cc2)=NC(c2cccc3c2sc2ccccc23)=NC1c1c(-c2cc3ccccc3c3ccccc23)ccc2ccccc12. The highest BCUT2D eigenvalue weighted by Crippen LogP contribution is 2.44. The van der Waals surface area contributed by atoms with Crippen molar-refractivity contribution in [2.75, 3.05) is 7.05 Å². The second-order valence-corrected chi connectivity index (χ2v) is 15.6. The normalized spacial score (nSPS) is 14.5. The van der Waals surface area contributed by atoms with Gasteiger partial charge in [0.2, 0.25) is 0 Å². The summed E-state index contributed by atoms with van der Waals surface area (Å²) in [6, 6.07) is 67.8. The summed E-state index contributed by atoms with van der Waals surface area (Å²) in [6.07, 6.45) is -0.373. The van der Waals surface area contributed by atoms with E-state index in [1.807, 2.05) is 11.3 Å². The molecule has 264 valence electrons. The molecule has 0 amide bonds. The molecule has 4 heteroatoms. The number of hydrogen-bond acceptors (Lipinski definition) is 4. The molecule has 1 unspecified atom stereocenters. The highest BCUT2D eigenvalue weighted by Gasteiger charge is 2.31. The first-order chi connectivity index (χ1) is 27.7. The van der Waals surface area contributed by atoms with Crippen molar-refractivity contribution in [1.29, 1.82) is 0 Å². The average molecular weight is 734 g/mol. The predicted octanol–water partition coefficient (Wildman–Crippen LogP) is 13.7. The summed E-state index contributed by atoms with van der Waals surface area (Å²) in [5.74, 6) is 1.63. The molecule has 11 rings (SSSR count). The van der Waals surface area contributed by atoms with Gasteiger partial charge >= 0.3 is 0 Å². The van der Waals surface area contributed by atoms with Crippen molar-refractivity contribution in [2.45, 2.75) is 6.17 Å². The summed E-state index contributed by atoms with van der Waals surface area (Å²) in [7, 11) is 2.15. The van der Waals surface area contributed by atoms with Crippen LogP contribution in [-0.2, 0) is 0 Å². The summed E-state index contributed by atoms with van der Waals surface area (Å²) in [6.45, 7) is 0. The topological polar surface area (TPSA) is 28.0 Å². The van der Waals surface area contributed by atoms with Gasteiger partial charge in [-0.15, -0.1) is 11.3 Å². The fourth-order valence-electron chi connectivity index (χ4n) is 8.63. The molecule has 1 aliphatic heterocycles. The van der Waals surface area contributed by atoms with Crippen LogP contribution < -0.4 is 0 Å². The number of hydrogen-bond donors (Lipinski definition) is 0. The molecule has 56 heavy (non-hydrogen) atoms. The highest BCUT2D eigenvalue weighted by molar-refractivity contribution is 7.26. The maximum atomic E-state index is 5.70. The third-order valence-corrected chi connectivity index (χ3v) is 12.6. The van der Waals surface area contributed by atoms with E-state index in [4.69, 9.17) is 9.98 Å². The molecule has 1 aromatic heterocycles. The molecule has 1 atom stereocenters. The molecule has 10 aromatic rings. The number of rotatable bonds is 5. The lowest BCUT2D eigenvalue weighted by atomic mass is 9.87.